The third-order valence-corrected chi connectivity index (χ3v) is 19.9. The highest BCUT2D eigenvalue weighted by Gasteiger charge is 2.42. The van der Waals surface area contributed by atoms with Gasteiger partial charge < -0.3 is 9.84 Å². The summed E-state index contributed by atoms with van der Waals surface area (Å²) >= 11 is 0. The van der Waals surface area contributed by atoms with Crippen LogP contribution in [0.3, 0.4) is 0 Å². The van der Waals surface area contributed by atoms with E-state index in [-0.39, 0.29) is 0 Å². The minimum Gasteiger partial charge on any atom is -0.507 e. The molecular formula is C46H36O2Si2. The van der Waals surface area contributed by atoms with Crippen LogP contribution in [0.15, 0.2) is 176 Å². The van der Waals surface area contributed by atoms with E-state index in [2.05, 4.69) is 189 Å². The molecule has 0 bridgehead atoms. The van der Waals surface area contributed by atoms with Gasteiger partial charge in [0, 0.05) is 16.5 Å². The van der Waals surface area contributed by atoms with Crippen molar-refractivity contribution < 1.29 is 9.84 Å². The predicted molar refractivity (Wildman–Crippen MR) is 215 cm³/mol. The Morgan fingerprint density at radius 1 is 0.440 bits per heavy atom. The van der Waals surface area contributed by atoms with E-state index in [0.29, 0.717) is 5.75 Å². The molecule has 0 saturated carbocycles. The van der Waals surface area contributed by atoms with Crippen LogP contribution in [-0.2, 0) is 0 Å². The number of fused-ring (bicyclic) bond motifs is 4. The zero-order chi connectivity index (χ0) is 33.9. The number of rotatable bonds is 6. The number of phenolic OH excluding ortho intramolecular Hbond substituents is 1. The summed E-state index contributed by atoms with van der Waals surface area (Å²) in [6.07, 6.45) is 0. The Hall–Kier alpha value is -5.69. The molecule has 8 aromatic carbocycles. The highest BCUT2D eigenvalue weighted by molar-refractivity contribution is 7.12. The van der Waals surface area contributed by atoms with E-state index in [4.69, 9.17) is 4.74 Å². The Balaban J connectivity index is 1.43. The van der Waals surface area contributed by atoms with Crippen LogP contribution < -0.4 is 35.9 Å². The van der Waals surface area contributed by atoms with Crippen LogP contribution in [0.1, 0.15) is 0 Å². The fourth-order valence-corrected chi connectivity index (χ4v) is 15.8. The lowest BCUT2D eigenvalue weighted by Gasteiger charge is -2.36. The van der Waals surface area contributed by atoms with Crippen molar-refractivity contribution in [2.24, 2.45) is 0 Å². The number of benzene rings is 8. The van der Waals surface area contributed by atoms with Gasteiger partial charge in [0.15, 0.2) is 0 Å². The molecule has 1 heterocycles. The Morgan fingerprint density at radius 2 is 0.880 bits per heavy atom. The molecule has 1 aliphatic heterocycles. The summed E-state index contributed by atoms with van der Waals surface area (Å²) in [5, 5.41) is 24.6. The molecule has 1 aliphatic rings. The van der Waals surface area contributed by atoms with Crippen molar-refractivity contribution in [2.45, 2.75) is 13.1 Å². The van der Waals surface area contributed by atoms with Crippen LogP contribution in [0.25, 0.3) is 32.7 Å². The van der Waals surface area contributed by atoms with Gasteiger partial charge in [0.05, 0.1) is 0 Å². The molecule has 8 aromatic rings. The van der Waals surface area contributed by atoms with E-state index in [1.54, 1.807) is 0 Å². The van der Waals surface area contributed by atoms with Crippen molar-refractivity contribution in [3.8, 4) is 28.4 Å². The molecular weight excluding hydrogens is 641 g/mol. The van der Waals surface area contributed by atoms with Crippen LogP contribution >= 0.6 is 0 Å². The fourth-order valence-electron chi connectivity index (χ4n) is 8.33. The van der Waals surface area contributed by atoms with Gasteiger partial charge in [0.2, 0.25) is 0 Å². The summed E-state index contributed by atoms with van der Waals surface area (Å²) in [5.74, 6) is 1.98. The quantitative estimate of drug-likeness (QED) is 0.145. The Bertz CT molecular complexity index is 2450. The van der Waals surface area contributed by atoms with Gasteiger partial charge >= 0.3 is 0 Å². The first-order valence-electron chi connectivity index (χ1n) is 17.3. The normalized spacial score (nSPS) is 12.4. The summed E-state index contributed by atoms with van der Waals surface area (Å²) < 4.78 is 7.16. The van der Waals surface area contributed by atoms with Gasteiger partial charge in [-0.2, -0.15) is 0 Å². The number of hydrogen-bond donors (Lipinski definition) is 1. The maximum absolute atomic E-state index is 13.0. The van der Waals surface area contributed by atoms with Crippen LogP contribution in [0.2, 0.25) is 13.1 Å². The lowest BCUT2D eigenvalue weighted by Crippen LogP contribution is -2.65. The van der Waals surface area contributed by atoms with Crippen molar-refractivity contribution in [3.05, 3.63) is 176 Å². The zero-order valence-corrected chi connectivity index (χ0v) is 30.1. The number of ether oxygens (including phenoxy) is 1. The summed E-state index contributed by atoms with van der Waals surface area (Å²) in [6, 6.07) is 62.8. The van der Waals surface area contributed by atoms with Crippen LogP contribution in [0.4, 0.5) is 0 Å². The molecule has 4 heteroatoms. The second kappa shape index (κ2) is 11.7. The van der Waals surface area contributed by atoms with Crippen molar-refractivity contribution in [1.29, 1.82) is 0 Å². The number of phenols is 1. The van der Waals surface area contributed by atoms with Gasteiger partial charge in [-0.25, -0.2) is 0 Å². The van der Waals surface area contributed by atoms with Crippen LogP contribution in [0.5, 0.6) is 17.2 Å². The highest BCUT2D eigenvalue weighted by Crippen LogP contribution is 2.52. The Morgan fingerprint density at radius 3 is 1.42 bits per heavy atom. The predicted octanol–water partition coefficient (Wildman–Crippen LogP) is 7.67. The van der Waals surface area contributed by atoms with Gasteiger partial charge in [0.1, 0.15) is 33.4 Å². The molecule has 1 N–H and O–H groups in total. The minimum atomic E-state index is -2.71. The molecule has 0 aromatic heterocycles. The van der Waals surface area contributed by atoms with Gasteiger partial charge in [-0.15, -0.1) is 0 Å². The van der Waals surface area contributed by atoms with Gasteiger partial charge in [-0.05, 0) is 53.3 Å². The van der Waals surface area contributed by atoms with E-state index >= 15 is 0 Å². The molecule has 0 spiro atoms. The summed E-state index contributed by atoms with van der Waals surface area (Å²) in [5.41, 5.74) is 1.85. The molecule has 50 heavy (non-hydrogen) atoms. The van der Waals surface area contributed by atoms with E-state index in [9.17, 15) is 5.11 Å². The molecule has 2 nitrogen and oxygen atoms in total. The standard InChI is InChI=1S/C46H36O2Si2/c1-49(34-20-7-3-8-21-34,35-22-9-4-10-23-35)40-31-33-19-17-29-39-42(33)44(45(40)47)43-38-28-16-15-18-32(38)30-41(46(43)48-39)50(2,36-24-11-5-12-25-36)37-26-13-6-14-27-37/h3-31,47H,1-2H3. The van der Waals surface area contributed by atoms with Crippen LogP contribution in [0, 0.1) is 0 Å². The first kappa shape index (κ1) is 30.4. The largest absolute Gasteiger partial charge is 0.507 e. The number of hydrogen-bond acceptors (Lipinski definition) is 2. The maximum atomic E-state index is 13.0. The molecule has 9 rings (SSSR count). The average molecular weight is 677 g/mol. The molecule has 0 amide bonds. The van der Waals surface area contributed by atoms with Gasteiger partial charge in [0.25, 0.3) is 0 Å². The Labute approximate surface area is 294 Å². The van der Waals surface area contributed by atoms with Crippen molar-refractivity contribution in [2.75, 3.05) is 0 Å². The third kappa shape index (κ3) is 4.46. The van der Waals surface area contributed by atoms with E-state index in [0.717, 1.165) is 49.4 Å². The lowest BCUT2D eigenvalue weighted by molar-refractivity contribution is 0.473. The topological polar surface area (TPSA) is 29.5 Å². The number of aromatic hydroxyl groups is 1. The molecule has 0 radical (unpaired) electrons. The Kier molecular flexibility index (Phi) is 7.13. The average Bonchev–Trinajstić information content (AvgIpc) is 3.19. The fraction of sp³-hybridized carbons (Fsp3) is 0.0435. The van der Waals surface area contributed by atoms with Crippen molar-refractivity contribution in [1.82, 2.24) is 0 Å². The molecule has 0 aliphatic carbocycles. The van der Waals surface area contributed by atoms with E-state index in [1.807, 2.05) is 0 Å². The minimum absolute atomic E-state index is 0.349. The molecule has 0 saturated heterocycles. The maximum Gasteiger partial charge on any atom is 0.150 e. The smallest absolute Gasteiger partial charge is 0.150 e. The van der Waals surface area contributed by atoms with Crippen molar-refractivity contribution >= 4 is 68.8 Å². The second-order valence-corrected chi connectivity index (χ2v) is 21.6. The monoisotopic (exact) mass is 676 g/mol. The summed E-state index contributed by atoms with van der Waals surface area (Å²) in [7, 11) is -5.36. The van der Waals surface area contributed by atoms with Crippen LogP contribution in [-0.4, -0.2) is 21.3 Å². The third-order valence-electron chi connectivity index (χ3n) is 11.0. The first-order valence-corrected chi connectivity index (χ1v) is 22.3. The first-order chi connectivity index (χ1) is 24.5. The van der Waals surface area contributed by atoms with Gasteiger partial charge in [-0.3, -0.25) is 0 Å². The molecule has 0 atom stereocenters. The molecule has 240 valence electrons. The second-order valence-electron chi connectivity index (χ2n) is 13.7. The highest BCUT2D eigenvalue weighted by atomic mass is 28.3. The SMILES string of the molecule is C[Si](c1ccccc1)(c1ccccc1)c1cc2cccc3c2c(c1O)-c1c(c([Si](C)(c2ccccc2)c2ccccc2)cc2ccccc12)O3. The van der Waals surface area contributed by atoms with E-state index < -0.39 is 16.1 Å². The van der Waals surface area contributed by atoms with Gasteiger partial charge in [-0.1, -0.05) is 183 Å². The van der Waals surface area contributed by atoms with Crippen molar-refractivity contribution in [3.63, 3.8) is 0 Å². The zero-order valence-electron chi connectivity index (χ0n) is 28.1. The summed E-state index contributed by atoms with van der Waals surface area (Å²) in [6.45, 7) is 4.81. The lowest BCUT2D eigenvalue weighted by atomic mass is 9.90. The summed E-state index contributed by atoms with van der Waals surface area (Å²) in [4.78, 5) is 0. The van der Waals surface area contributed by atoms with E-state index in [1.165, 1.54) is 25.9 Å². The molecule has 0 unspecified atom stereocenters. The molecule has 0 fully saturated rings.